The van der Waals surface area contributed by atoms with Crippen LogP contribution in [0.25, 0.3) is 0 Å². The molecule has 1 aliphatic heterocycles. The quantitative estimate of drug-likeness (QED) is 0.792. The molecule has 1 saturated heterocycles. The lowest BCUT2D eigenvalue weighted by Gasteiger charge is -2.41. The van der Waals surface area contributed by atoms with Crippen LogP contribution < -0.4 is 5.32 Å². The van der Waals surface area contributed by atoms with Gasteiger partial charge in [0.05, 0.1) is 0 Å². The molecule has 112 valence electrons. The van der Waals surface area contributed by atoms with E-state index in [0.717, 1.165) is 18.6 Å². The minimum absolute atomic E-state index is 0.690. The number of hydrogen-bond acceptors (Lipinski definition) is 3. The van der Waals surface area contributed by atoms with Crippen molar-refractivity contribution in [3.8, 4) is 0 Å². The first kappa shape index (κ1) is 15.3. The van der Waals surface area contributed by atoms with Gasteiger partial charge in [-0.1, -0.05) is 25.7 Å². The minimum atomic E-state index is 0.690. The van der Waals surface area contributed by atoms with Gasteiger partial charge in [-0.3, -0.25) is 4.90 Å². The van der Waals surface area contributed by atoms with Gasteiger partial charge in [0.2, 0.25) is 0 Å². The number of rotatable bonds is 3. The Morgan fingerprint density at radius 1 is 1.05 bits per heavy atom. The summed E-state index contributed by atoms with van der Waals surface area (Å²) in [6.07, 6.45) is 9.96. The van der Waals surface area contributed by atoms with Crippen LogP contribution in [0.5, 0.6) is 0 Å². The van der Waals surface area contributed by atoms with Gasteiger partial charge in [0, 0.05) is 31.2 Å². The first-order chi connectivity index (χ1) is 9.22. The standard InChI is InChI=1S/C16H33N3/c1-14-10-11-18(3)13-16(12-17-2)19(14)15-8-6-4-5-7-9-15/h14-17H,4-13H2,1-3H3. The fraction of sp³-hybridized carbons (Fsp3) is 1.00. The second kappa shape index (κ2) is 7.61. The molecule has 0 bridgehead atoms. The number of hydrogen-bond donors (Lipinski definition) is 1. The molecule has 1 N–H and O–H groups in total. The number of nitrogens with zero attached hydrogens (tertiary/aromatic N) is 2. The van der Waals surface area contributed by atoms with Crippen molar-refractivity contribution in [2.45, 2.75) is 70.0 Å². The average Bonchev–Trinajstić information content (AvgIpc) is 2.71. The third-order valence-electron chi connectivity index (χ3n) is 5.07. The highest BCUT2D eigenvalue weighted by Gasteiger charge is 2.33. The third kappa shape index (κ3) is 4.17. The molecule has 2 atom stereocenters. The van der Waals surface area contributed by atoms with Crippen molar-refractivity contribution in [2.75, 3.05) is 33.7 Å². The van der Waals surface area contributed by atoms with E-state index in [1.165, 1.54) is 58.0 Å². The Balaban J connectivity index is 2.09. The molecule has 1 aliphatic carbocycles. The number of nitrogens with one attached hydrogen (secondary N) is 1. The highest BCUT2D eigenvalue weighted by molar-refractivity contribution is 4.89. The molecular weight excluding hydrogens is 234 g/mol. The summed E-state index contributed by atoms with van der Waals surface area (Å²) in [4.78, 5) is 5.40. The van der Waals surface area contributed by atoms with Crippen LogP contribution in [0.4, 0.5) is 0 Å². The van der Waals surface area contributed by atoms with E-state index in [1.54, 1.807) is 0 Å². The molecule has 19 heavy (non-hydrogen) atoms. The Labute approximate surface area is 119 Å². The van der Waals surface area contributed by atoms with Crippen molar-refractivity contribution < 1.29 is 0 Å². The summed E-state index contributed by atoms with van der Waals surface area (Å²) in [5.41, 5.74) is 0. The monoisotopic (exact) mass is 267 g/mol. The summed E-state index contributed by atoms with van der Waals surface area (Å²) in [6, 6.07) is 2.27. The summed E-state index contributed by atoms with van der Waals surface area (Å²) in [6.45, 7) is 6.06. The first-order valence-corrected chi connectivity index (χ1v) is 8.33. The number of likely N-dealkylation sites (N-methyl/N-ethyl adjacent to an activating group) is 2. The fourth-order valence-corrected chi connectivity index (χ4v) is 4.08. The maximum atomic E-state index is 3.42. The van der Waals surface area contributed by atoms with Crippen molar-refractivity contribution in [3.05, 3.63) is 0 Å². The molecule has 2 fully saturated rings. The molecule has 1 heterocycles. The zero-order chi connectivity index (χ0) is 13.7. The summed E-state index contributed by atoms with van der Waals surface area (Å²) in [7, 11) is 4.38. The maximum Gasteiger partial charge on any atom is 0.0353 e. The molecule has 1 saturated carbocycles. The van der Waals surface area contributed by atoms with Crippen LogP contribution in [0, 0.1) is 0 Å². The Hall–Kier alpha value is -0.120. The van der Waals surface area contributed by atoms with E-state index < -0.39 is 0 Å². The molecule has 2 aliphatic rings. The van der Waals surface area contributed by atoms with E-state index in [2.05, 4.69) is 36.1 Å². The van der Waals surface area contributed by atoms with Crippen molar-refractivity contribution in [1.82, 2.24) is 15.1 Å². The van der Waals surface area contributed by atoms with E-state index in [-0.39, 0.29) is 0 Å². The molecule has 0 aromatic heterocycles. The fourth-order valence-electron chi connectivity index (χ4n) is 4.08. The van der Waals surface area contributed by atoms with Crippen molar-refractivity contribution in [1.29, 1.82) is 0 Å². The molecule has 3 heteroatoms. The first-order valence-electron chi connectivity index (χ1n) is 8.33. The molecule has 0 aromatic rings. The molecule has 0 spiro atoms. The van der Waals surface area contributed by atoms with Gasteiger partial charge in [-0.15, -0.1) is 0 Å². The zero-order valence-electron chi connectivity index (χ0n) is 13.2. The molecular formula is C16H33N3. The van der Waals surface area contributed by atoms with Crippen LogP contribution >= 0.6 is 0 Å². The smallest absolute Gasteiger partial charge is 0.0353 e. The summed E-state index contributed by atoms with van der Waals surface area (Å²) in [5, 5.41) is 3.42. The Kier molecular flexibility index (Phi) is 6.11. The largest absolute Gasteiger partial charge is 0.318 e. The van der Waals surface area contributed by atoms with E-state index in [9.17, 15) is 0 Å². The molecule has 0 radical (unpaired) electrons. The normalized spacial score (nSPS) is 33.0. The SMILES string of the molecule is CNCC1CN(C)CCC(C)N1C1CCCCCC1. The molecule has 0 amide bonds. The minimum Gasteiger partial charge on any atom is -0.318 e. The maximum absolute atomic E-state index is 3.42. The van der Waals surface area contributed by atoms with Gasteiger partial charge in [0.25, 0.3) is 0 Å². The van der Waals surface area contributed by atoms with Crippen molar-refractivity contribution in [2.24, 2.45) is 0 Å². The van der Waals surface area contributed by atoms with Gasteiger partial charge in [0.15, 0.2) is 0 Å². The van der Waals surface area contributed by atoms with Crippen LogP contribution in [0.3, 0.4) is 0 Å². The molecule has 0 aromatic carbocycles. The van der Waals surface area contributed by atoms with Gasteiger partial charge < -0.3 is 10.2 Å². The van der Waals surface area contributed by atoms with E-state index in [1.807, 2.05) is 0 Å². The van der Waals surface area contributed by atoms with Crippen LogP contribution in [-0.2, 0) is 0 Å². The van der Waals surface area contributed by atoms with Gasteiger partial charge in [-0.05, 0) is 46.8 Å². The van der Waals surface area contributed by atoms with Gasteiger partial charge >= 0.3 is 0 Å². The molecule has 2 unspecified atom stereocenters. The molecule has 3 nitrogen and oxygen atoms in total. The lowest BCUT2D eigenvalue weighted by Crippen LogP contribution is -2.53. The highest BCUT2D eigenvalue weighted by atomic mass is 15.3. The predicted octanol–water partition coefficient (Wildman–Crippen LogP) is 2.32. The third-order valence-corrected chi connectivity index (χ3v) is 5.07. The Morgan fingerprint density at radius 2 is 1.74 bits per heavy atom. The lowest BCUT2D eigenvalue weighted by molar-refractivity contribution is 0.0792. The summed E-state index contributed by atoms with van der Waals surface area (Å²) < 4.78 is 0. The molecule has 2 rings (SSSR count). The lowest BCUT2D eigenvalue weighted by atomic mass is 10.0. The van der Waals surface area contributed by atoms with E-state index in [4.69, 9.17) is 0 Å². The predicted molar refractivity (Wildman–Crippen MR) is 82.6 cm³/mol. The summed E-state index contributed by atoms with van der Waals surface area (Å²) in [5.74, 6) is 0. The second-order valence-corrected chi connectivity index (χ2v) is 6.70. The van der Waals surface area contributed by atoms with Crippen LogP contribution in [0.1, 0.15) is 51.9 Å². The Bertz CT molecular complexity index is 248. The van der Waals surface area contributed by atoms with Gasteiger partial charge in [-0.25, -0.2) is 0 Å². The van der Waals surface area contributed by atoms with Crippen molar-refractivity contribution in [3.63, 3.8) is 0 Å². The van der Waals surface area contributed by atoms with Gasteiger partial charge in [0.1, 0.15) is 0 Å². The van der Waals surface area contributed by atoms with Crippen molar-refractivity contribution >= 4 is 0 Å². The topological polar surface area (TPSA) is 18.5 Å². The van der Waals surface area contributed by atoms with Gasteiger partial charge in [-0.2, -0.15) is 0 Å². The highest BCUT2D eigenvalue weighted by Crippen LogP contribution is 2.27. The van der Waals surface area contributed by atoms with E-state index >= 15 is 0 Å². The summed E-state index contributed by atoms with van der Waals surface area (Å²) >= 11 is 0. The Morgan fingerprint density at radius 3 is 2.37 bits per heavy atom. The van der Waals surface area contributed by atoms with Crippen LogP contribution in [-0.4, -0.2) is 61.7 Å². The zero-order valence-corrected chi connectivity index (χ0v) is 13.2. The van der Waals surface area contributed by atoms with Crippen LogP contribution in [0.2, 0.25) is 0 Å². The average molecular weight is 267 g/mol. The van der Waals surface area contributed by atoms with Crippen LogP contribution in [0.15, 0.2) is 0 Å². The van der Waals surface area contributed by atoms with E-state index in [0.29, 0.717) is 6.04 Å². The second-order valence-electron chi connectivity index (χ2n) is 6.70.